The fourth-order valence-electron chi connectivity index (χ4n) is 2.24. The number of hydrogen-bond donors (Lipinski definition) is 0. The van der Waals surface area contributed by atoms with Crippen molar-refractivity contribution in [3.8, 4) is 0 Å². The molecule has 0 spiro atoms. The van der Waals surface area contributed by atoms with Gasteiger partial charge in [-0.1, -0.05) is 0 Å². The molecule has 0 saturated carbocycles. The lowest BCUT2D eigenvalue weighted by molar-refractivity contribution is 0.0150. The quantitative estimate of drug-likeness (QED) is 0.839. The lowest BCUT2D eigenvalue weighted by atomic mass is 9.98. The second kappa shape index (κ2) is 6.81. The summed E-state index contributed by atoms with van der Waals surface area (Å²) in [5.74, 6) is 0.270. The lowest BCUT2D eigenvalue weighted by Crippen LogP contribution is -2.42. The number of carbonyl (C=O) groups is 2. The minimum Gasteiger partial charge on any atom is -0.449 e. The Morgan fingerprint density at radius 1 is 1.23 bits per heavy atom. The van der Waals surface area contributed by atoms with E-state index in [1.54, 1.807) is 11.1 Å². The van der Waals surface area contributed by atoms with Crippen LogP contribution >= 0.6 is 0 Å². The number of hydrogen-bond acceptors (Lipinski definition) is 5. The number of amides is 1. The van der Waals surface area contributed by atoms with Gasteiger partial charge >= 0.3 is 12.2 Å². The van der Waals surface area contributed by atoms with Gasteiger partial charge in [0.1, 0.15) is 11.9 Å². The largest absolute Gasteiger partial charge is 0.449 e. The van der Waals surface area contributed by atoms with E-state index in [-0.39, 0.29) is 12.0 Å². The van der Waals surface area contributed by atoms with E-state index in [2.05, 4.69) is 4.98 Å². The number of aromatic nitrogens is 2. The average Bonchev–Trinajstić information content (AvgIpc) is 2.97. The Morgan fingerprint density at radius 3 is 2.45 bits per heavy atom. The van der Waals surface area contributed by atoms with E-state index in [0.29, 0.717) is 19.7 Å². The molecule has 0 atom stereocenters. The molecule has 7 nitrogen and oxygen atoms in total. The molecule has 1 aliphatic rings. The summed E-state index contributed by atoms with van der Waals surface area (Å²) in [5, 5.41) is 0. The maximum absolute atomic E-state index is 11.9. The highest BCUT2D eigenvalue weighted by Crippen LogP contribution is 2.20. The van der Waals surface area contributed by atoms with Crippen LogP contribution in [0.2, 0.25) is 0 Å². The second-order valence-corrected chi connectivity index (χ2v) is 6.46. The Balaban J connectivity index is 1.71. The number of imidazole rings is 1. The maximum atomic E-state index is 11.9. The summed E-state index contributed by atoms with van der Waals surface area (Å²) < 4.78 is 11.9. The van der Waals surface area contributed by atoms with Crippen LogP contribution in [0.1, 0.15) is 33.6 Å². The Morgan fingerprint density at radius 2 is 1.91 bits per heavy atom. The zero-order valence-corrected chi connectivity index (χ0v) is 13.3. The summed E-state index contributed by atoms with van der Waals surface area (Å²) >= 11 is 0. The van der Waals surface area contributed by atoms with Gasteiger partial charge < -0.3 is 14.4 Å². The smallest absolute Gasteiger partial charge is 0.419 e. The van der Waals surface area contributed by atoms with Crippen molar-refractivity contribution in [3.63, 3.8) is 0 Å². The monoisotopic (exact) mass is 309 g/mol. The number of rotatable bonds is 2. The maximum Gasteiger partial charge on any atom is 0.419 e. The van der Waals surface area contributed by atoms with Crippen molar-refractivity contribution >= 4 is 12.2 Å². The number of nitrogens with zero attached hydrogens (tertiary/aromatic N) is 3. The van der Waals surface area contributed by atoms with Crippen molar-refractivity contribution in [2.75, 3.05) is 19.7 Å². The van der Waals surface area contributed by atoms with Crippen LogP contribution in [0, 0.1) is 5.92 Å². The number of ether oxygens (including phenoxy) is 2. The molecule has 7 heteroatoms. The predicted octanol–water partition coefficient (Wildman–Crippen LogP) is 2.51. The molecule has 0 unspecified atom stereocenters. The Bertz CT molecular complexity index is 499. The molecule has 1 aromatic heterocycles. The van der Waals surface area contributed by atoms with Crippen LogP contribution < -0.4 is 0 Å². The van der Waals surface area contributed by atoms with E-state index >= 15 is 0 Å². The Kier molecular flexibility index (Phi) is 5.05. The number of carbonyl (C=O) groups excluding carboxylic acids is 2. The molecule has 2 heterocycles. The molecule has 1 fully saturated rings. The molecule has 1 aromatic rings. The summed E-state index contributed by atoms with van der Waals surface area (Å²) in [6.07, 6.45) is 5.39. The molecular formula is C15H23N3O4. The number of likely N-dealkylation sites (tertiary alicyclic amines) is 1. The molecule has 0 radical (unpaired) electrons. The summed E-state index contributed by atoms with van der Waals surface area (Å²) in [7, 11) is 0. The van der Waals surface area contributed by atoms with Gasteiger partial charge in [0.25, 0.3) is 0 Å². The zero-order chi connectivity index (χ0) is 16.2. The van der Waals surface area contributed by atoms with Crippen LogP contribution in [0.4, 0.5) is 9.59 Å². The van der Waals surface area contributed by atoms with Gasteiger partial charge in [-0.2, -0.15) is 0 Å². The summed E-state index contributed by atoms with van der Waals surface area (Å²) in [5.41, 5.74) is -0.478. The number of piperidine rings is 1. The Hall–Kier alpha value is -2.05. The lowest BCUT2D eigenvalue weighted by Gasteiger charge is -2.33. The summed E-state index contributed by atoms with van der Waals surface area (Å²) in [4.78, 5) is 29.2. The summed E-state index contributed by atoms with van der Waals surface area (Å²) in [6.45, 7) is 7.18. The van der Waals surface area contributed by atoms with Gasteiger partial charge in [0.05, 0.1) is 6.61 Å². The predicted molar refractivity (Wildman–Crippen MR) is 79.5 cm³/mol. The van der Waals surface area contributed by atoms with Crippen LogP contribution in [0.25, 0.3) is 0 Å². The average molecular weight is 309 g/mol. The van der Waals surface area contributed by atoms with Gasteiger partial charge in [-0.3, -0.25) is 0 Å². The first kappa shape index (κ1) is 16.3. The van der Waals surface area contributed by atoms with E-state index in [0.717, 1.165) is 12.8 Å². The SMILES string of the molecule is CC(C)(C)OC(=O)N1CCC(COC(=O)n2ccnc2)CC1. The molecule has 1 saturated heterocycles. The fraction of sp³-hybridized carbons (Fsp3) is 0.667. The van der Waals surface area contributed by atoms with Crippen molar-refractivity contribution in [3.05, 3.63) is 18.7 Å². The zero-order valence-electron chi connectivity index (χ0n) is 13.3. The highest BCUT2D eigenvalue weighted by atomic mass is 16.6. The minimum atomic E-state index is -0.478. The first-order valence-corrected chi connectivity index (χ1v) is 7.48. The molecule has 0 bridgehead atoms. The van der Waals surface area contributed by atoms with Gasteiger partial charge in [-0.15, -0.1) is 0 Å². The van der Waals surface area contributed by atoms with Crippen LogP contribution in [-0.2, 0) is 9.47 Å². The van der Waals surface area contributed by atoms with Crippen molar-refractivity contribution in [2.45, 2.75) is 39.2 Å². The van der Waals surface area contributed by atoms with Gasteiger partial charge in [0.2, 0.25) is 0 Å². The van der Waals surface area contributed by atoms with E-state index in [1.807, 2.05) is 20.8 Å². The van der Waals surface area contributed by atoms with E-state index in [1.165, 1.54) is 17.1 Å². The molecule has 0 N–H and O–H groups in total. The molecule has 1 amide bonds. The second-order valence-electron chi connectivity index (χ2n) is 6.46. The van der Waals surface area contributed by atoms with Crippen LogP contribution in [-0.4, -0.2) is 51.9 Å². The molecule has 0 aliphatic carbocycles. The van der Waals surface area contributed by atoms with E-state index in [4.69, 9.17) is 9.47 Å². The summed E-state index contributed by atoms with van der Waals surface area (Å²) in [6, 6.07) is 0. The van der Waals surface area contributed by atoms with Gasteiger partial charge in [0, 0.05) is 25.5 Å². The van der Waals surface area contributed by atoms with E-state index < -0.39 is 11.7 Å². The molecular weight excluding hydrogens is 286 g/mol. The third-order valence-corrected chi connectivity index (χ3v) is 3.42. The van der Waals surface area contributed by atoms with Gasteiger partial charge in [-0.05, 0) is 39.5 Å². The van der Waals surface area contributed by atoms with Crippen molar-refractivity contribution < 1.29 is 19.1 Å². The Labute approximate surface area is 130 Å². The normalized spacial score (nSPS) is 16.4. The third-order valence-electron chi connectivity index (χ3n) is 3.42. The topological polar surface area (TPSA) is 73.7 Å². The fourth-order valence-corrected chi connectivity index (χ4v) is 2.24. The van der Waals surface area contributed by atoms with Crippen molar-refractivity contribution in [1.29, 1.82) is 0 Å². The van der Waals surface area contributed by atoms with Crippen molar-refractivity contribution in [1.82, 2.24) is 14.5 Å². The first-order chi connectivity index (χ1) is 10.3. The minimum absolute atomic E-state index is 0.270. The van der Waals surface area contributed by atoms with Crippen LogP contribution in [0.15, 0.2) is 18.7 Å². The third kappa shape index (κ3) is 4.75. The van der Waals surface area contributed by atoms with E-state index in [9.17, 15) is 9.59 Å². The van der Waals surface area contributed by atoms with Crippen LogP contribution in [0.5, 0.6) is 0 Å². The van der Waals surface area contributed by atoms with Gasteiger partial charge in [0.15, 0.2) is 0 Å². The van der Waals surface area contributed by atoms with Crippen molar-refractivity contribution in [2.24, 2.45) is 5.92 Å². The van der Waals surface area contributed by atoms with Gasteiger partial charge in [-0.25, -0.2) is 19.1 Å². The molecule has 122 valence electrons. The highest BCUT2D eigenvalue weighted by Gasteiger charge is 2.27. The molecule has 22 heavy (non-hydrogen) atoms. The first-order valence-electron chi connectivity index (χ1n) is 7.48. The molecule has 0 aromatic carbocycles. The molecule has 1 aliphatic heterocycles. The van der Waals surface area contributed by atoms with Crippen LogP contribution in [0.3, 0.4) is 0 Å². The molecule has 2 rings (SSSR count). The standard InChI is InChI=1S/C15H23N3O4/c1-15(2,3)22-14(20)17-7-4-12(5-8-17)10-21-13(19)18-9-6-16-11-18/h6,9,11-12H,4-5,7-8,10H2,1-3H3. The highest BCUT2D eigenvalue weighted by molar-refractivity contribution is 5.70.